The quantitative estimate of drug-likeness (QED) is 0.848. The van der Waals surface area contributed by atoms with E-state index in [1.807, 2.05) is 37.3 Å². The van der Waals surface area contributed by atoms with Gasteiger partial charge in [0.15, 0.2) is 0 Å². The van der Waals surface area contributed by atoms with Crippen LogP contribution in [0.15, 0.2) is 53.6 Å². The first-order chi connectivity index (χ1) is 9.50. The average Bonchev–Trinajstić information content (AvgIpc) is 2.46. The maximum Gasteiger partial charge on any atom is 0.244 e. The van der Waals surface area contributed by atoms with Crippen molar-refractivity contribution in [1.82, 2.24) is 9.29 Å². The summed E-state index contributed by atoms with van der Waals surface area (Å²) < 4.78 is 26.1. The van der Waals surface area contributed by atoms with Gasteiger partial charge in [0.25, 0.3) is 0 Å². The first kappa shape index (κ1) is 14.7. The second-order valence-corrected chi connectivity index (χ2v) is 6.74. The number of sulfonamides is 1. The van der Waals surface area contributed by atoms with Crippen molar-refractivity contribution < 1.29 is 8.42 Å². The molecule has 4 nitrogen and oxygen atoms in total. The summed E-state index contributed by atoms with van der Waals surface area (Å²) in [5, 5.41) is 0. The summed E-state index contributed by atoms with van der Waals surface area (Å²) in [5.41, 5.74) is 1.92. The van der Waals surface area contributed by atoms with Gasteiger partial charge in [0.1, 0.15) is 4.90 Å². The number of hydrogen-bond acceptors (Lipinski definition) is 3. The maximum atomic E-state index is 12.4. The van der Waals surface area contributed by atoms with Crippen LogP contribution in [0.3, 0.4) is 0 Å². The van der Waals surface area contributed by atoms with Crippen molar-refractivity contribution in [1.29, 1.82) is 0 Å². The Morgan fingerprint density at radius 1 is 1.10 bits per heavy atom. The van der Waals surface area contributed by atoms with Gasteiger partial charge in [-0.3, -0.25) is 4.98 Å². The number of rotatable bonds is 5. The number of aryl methyl sites for hydroxylation is 1. The third kappa shape index (κ3) is 3.43. The lowest BCUT2D eigenvalue weighted by Gasteiger charge is -2.17. The molecule has 0 fully saturated rings. The van der Waals surface area contributed by atoms with Crippen LogP contribution in [0.1, 0.15) is 11.3 Å². The molecule has 0 bridgehead atoms. The predicted molar refractivity (Wildman–Crippen MR) is 78.9 cm³/mol. The number of nitrogens with zero attached hydrogens (tertiary/aromatic N) is 2. The van der Waals surface area contributed by atoms with Crippen LogP contribution < -0.4 is 0 Å². The molecule has 0 saturated carbocycles. The highest BCUT2D eigenvalue weighted by Crippen LogP contribution is 2.14. The molecule has 2 rings (SSSR count). The molecule has 0 N–H and O–H groups in total. The monoisotopic (exact) mass is 290 g/mol. The standard InChI is InChI=1S/C15H18N2O2S/c1-13-8-9-15(12-16-13)20(18,19)17(2)11-10-14-6-4-3-5-7-14/h3-9,12H,10-11H2,1-2H3. The minimum absolute atomic E-state index is 0.235. The van der Waals surface area contributed by atoms with Crippen molar-refractivity contribution in [3.63, 3.8) is 0 Å². The van der Waals surface area contributed by atoms with Crippen LogP contribution in [0.2, 0.25) is 0 Å². The fourth-order valence-corrected chi connectivity index (χ4v) is 2.96. The molecule has 2 aromatic rings. The topological polar surface area (TPSA) is 50.3 Å². The van der Waals surface area contributed by atoms with Gasteiger partial charge in [-0.1, -0.05) is 30.3 Å². The largest absolute Gasteiger partial charge is 0.260 e. The number of pyridine rings is 1. The zero-order valence-electron chi connectivity index (χ0n) is 11.7. The Kier molecular flexibility index (Phi) is 4.52. The third-order valence-electron chi connectivity index (χ3n) is 3.15. The van der Waals surface area contributed by atoms with Gasteiger partial charge in [-0.25, -0.2) is 12.7 Å². The third-order valence-corrected chi connectivity index (χ3v) is 4.99. The van der Waals surface area contributed by atoms with E-state index in [0.29, 0.717) is 13.0 Å². The van der Waals surface area contributed by atoms with Crippen molar-refractivity contribution in [2.24, 2.45) is 0 Å². The molecule has 1 aromatic heterocycles. The van der Waals surface area contributed by atoms with Gasteiger partial charge < -0.3 is 0 Å². The van der Waals surface area contributed by atoms with E-state index in [1.165, 1.54) is 10.5 Å². The van der Waals surface area contributed by atoms with Crippen LogP contribution in [0, 0.1) is 6.92 Å². The lowest BCUT2D eigenvalue weighted by atomic mass is 10.2. The van der Waals surface area contributed by atoms with Crippen LogP contribution in [-0.4, -0.2) is 31.3 Å². The van der Waals surface area contributed by atoms with Gasteiger partial charge in [0, 0.05) is 25.5 Å². The molecular weight excluding hydrogens is 272 g/mol. The van der Waals surface area contributed by atoms with Crippen molar-refractivity contribution in [2.45, 2.75) is 18.2 Å². The Bertz CT molecular complexity index is 652. The normalized spacial score (nSPS) is 11.8. The van der Waals surface area contributed by atoms with Crippen molar-refractivity contribution in [3.8, 4) is 0 Å². The lowest BCUT2D eigenvalue weighted by Crippen LogP contribution is -2.29. The average molecular weight is 290 g/mol. The molecule has 1 aromatic carbocycles. The van der Waals surface area contributed by atoms with E-state index < -0.39 is 10.0 Å². The highest BCUT2D eigenvalue weighted by atomic mass is 32.2. The van der Waals surface area contributed by atoms with E-state index in [0.717, 1.165) is 11.3 Å². The lowest BCUT2D eigenvalue weighted by molar-refractivity contribution is 0.472. The SMILES string of the molecule is Cc1ccc(S(=O)(=O)N(C)CCc2ccccc2)cn1. The summed E-state index contributed by atoms with van der Waals surface area (Å²) in [6, 6.07) is 13.1. The summed E-state index contributed by atoms with van der Waals surface area (Å²) in [6.45, 7) is 2.27. The molecule has 0 spiro atoms. The van der Waals surface area contributed by atoms with Gasteiger partial charge in [-0.15, -0.1) is 0 Å². The van der Waals surface area contributed by atoms with Gasteiger partial charge in [0.2, 0.25) is 10.0 Å². The van der Waals surface area contributed by atoms with E-state index >= 15 is 0 Å². The highest BCUT2D eigenvalue weighted by molar-refractivity contribution is 7.89. The van der Waals surface area contributed by atoms with Crippen molar-refractivity contribution >= 4 is 10.0 Å². The molecule has 1 heterocycles. The van der Waals surface area contributed by atoms with E-state index in [1.54, 1.807) is 19.2 Å². The Morgan fingerprint density at radius 3 is 2.40 bits per heavy atom. The number of hydrogen-bond donors (Lipinski definition) is 0. The molecule has 0 radical (unpaired) electrons. The zero-order chi connectivity index (χ0) is 14.6. The highest BCUT2D eigenvalue weighted by Gasteiger charge is 2.20. The summed E-state index contributed by atoms with van der Waals surface area (Å²) >= 11 is 0. The minimum Gasteiger partial charge on any atom is -0.260 e. The molecule has 0 atom stereocenters. The van der Waals surface area contributed by atoms with Gasteiger partial charge >= 0.3 is 0 Å². The first-order valence-corrected chi connectivity index (χ1v) is 7.87. The summed E-state index contributed by atoms with van der Waals surface area (Å²) in [6.07, 6.45) is 2.10. The molecule has 106 valence electrons. The van der Waals surface area contributed by atoms with Crippen LogP contribution in [0.5, 0.6) is 0 Å². The van der Waals surface area contributed by atoms with Gasteiger partial charge in [-0.05, 0) is 31.0 Å². The number of likely N-dealkylation sites (N-methyl/N-ethyl adjacent to an activating group) is 1. The Labute approximate surface area is 120 Å². The molecule has 0 aliphatic heterocycles. The van der Waals surface area contributed by atoms with Gasteiger partial charge in [-0.2, -0.15) is 0 Å². The van der Waals surface area contributed by atoms with Crippen LogP contribution in [-0.2, 0) is 16.4 Å². The minimum atomic E-state index is -3.46. The smallest absolute Gasteiger partial charge is 0.244 e. The molecule has 0 aliphatic carbocycles. The molecular formula is C15H18N2O2S. The molecule has 0 amide bonds. The van der Waals surface area contributed by atoms with E-state index in [2.05, 4.69) is 4.98 Å². The summed E-state index contributed by atoms with van der Waals surface area (Å²) in [4.78, 5) is 4.28. The van der Waals surface area contributed by atoms with Crippen molar-refractivity contribution in [2.75, 3.05) is 13.6 Å². The zero-order valence-corrected chi connectivity index (χ0v) is 12.5. The molecule has 0 saturated heterocycles. The van der Waals surface area contributed by atoms with E-state index in [9.17, 15) is 8.42 Å². The number of aromatic nitrogens is 1. The van der Waals surface area contributed by atoms with Crippen LogP contribution >= 0.6 is 0 Å². The van der Waals surface area contributed by atoms with Crippen LogP contribution in [0.25, 0.3) is 0 Å². The predicted octanol–water partition coefficient (Wildman–Crippen LogP) is 2.25. The fourth-order valence-electron chi connectivity index (χ4n) is 1.84. The Morgan fingerprint density at radius 2 is 1.80 bits per heavy atom. The van der Waals surface area contributed by atoms with E-state index in [4.69, 9.17) is 0 Å². The molecule has 0 unspecified atom stereocenters. The van der Waals surface area contributed by atoms with E-state index in [-0.39, 0.29) is 4.90 Å². The Balaban J connectivity index is 2.08. The molecule has 20 heavy (non-hydrogen) atoms. The van der Waals surface area contributed by atoms with Gasteiger partial charge in [0.05, 0.1) is 0 Å². The molecule has 5 heteroatoms. The summed E-state index contributed by atoms with van der Waals surface area (Å²) in [5.74, 6) is 0. The Hall–Kier alpha value is -1.72. The fraction of sp³-hybridized carbons (Fsp3) is 0.267. The molecule has 0 aliphatic rings. The number of benzene rings is 1. The second kappa shape index (κ2) is 6.15. The summed E-state index contributed by atoms with van der Waals surface area (Å²) in [7, 11) is -1.86. The van der Waals surface area contributed by atoms with Crippen LogP contribution in [0.4, 0.5) is 0 Å². The maximum absolute atomic E-state index is 12.4. The van der Waals surface area contributed by atoms with Crippen molar-refractivity contribution in [3.05, 3.63) is 59.9 Å². The first-order valence-electron chi connectivity index (χ1n) is 6.43. The second-order valence-electron chi connectivity index (χ2n) is 4.70.